The number of fused-ring (bicyclic) bond motifs is 1. The molecule has 240 valence electrons. The first kappa shape index (κ1) is 31.3. The molecule has 2 unspecified atom stereocenters. The molecule has 2 amide bonds. The summed E-state index contributed by atoms with van der Waals surface area (Å²) in [4.78, 5) is 32.4. The minimum absolute atomic E-state index is 0.101. The number of hydrogen-bond acceptors (Lipinski definition) is 7. The maximum atomic E-state index is 13.0. The van der Waals surface area contributed by atoms with Crippen molar-refractivity contribution in [2.24, 2.45) is 5.92 Å². The molecule has 0 radical (unpaired) electrons. The van der Waals surface area contributed by atoms with Gasteiger partial charge >= 0.3 is 6.36 Å². The SMILES string of the molecule is Cc1noc(C2CC2C(=O)NCc2ccc(-c3cccc(OC(F)(F)F)c3)c3c2CN(CC(=O)N[C@@H](C)c2ccccc2)CC3)n1. The van der Waals surface area contributed by atoms with Gasteiger partial charge in [-0.15, -0.1) is 13.2 Å². The summed E-state index contributed by atoms with van der Waals surface area (Å²) < 4.78 is 48.3. The second kappa shape index (κ2) is 13.0. The molecule has 2 heterocycles. The first-order valence-electron chi connectivity index (χ1n) is 15.2. The Morgan fingerprint density at radius 2 is 1.89 bits per heavy atom. The van der Waals surface area contributed by atoms with Gasteiger partial charge in [0.1, 0.15) is 5.75 Å². The van der Waals surface area contributed by atoms with Gasteiger partial charge in [-0.25, -0.2) is 0 Å². The number of carbonyl (C=O) groups excluding carboxylic acids is 2. The van der Waals surface area contributed by atoms with Gasteiger partial charge in [0.05, 0.1) is 24.4 Å². The number of rotatable bonds is 10. The van der Waals surface area contributed by atoms with Crippen LogP contribution < -0.4 is 15.4 Å². The van der Waals surface area contributed by atoms with Crippen LogP contribution in [0.3, 0.4) is 0 Å². The minimum Gasteiger partial charge on any atom is -0.406 e. The van der Waals surface area contributed by atoms with E-state index in [-0.39, 0.29) is 48.5 Å². The number of ether oxygens (including phenoxy) is 1. The third kappa shape index (κ3) is 7.39. The molecule has 0 bridgehead atoms. The van der Waals surface area contributed by atoms with Crippen molar-refractivity contribution in [3.8, 4) is 16.9 Å². The average Bonchev–Trinajstić information content (AvgIpc) is 3.71. The molecular formula is C34H34F3N5O4. The smallest absolute Gasteiger partial charge is 0.406 e. The monoisotopic (exact) mass is 633 g/mol. The Balaban J connectivity index is 1.20. The maximum Gasteiger partial charge on any atom is 0.573 e. The summed E-state index contributed by atoms with van der Waals surface area (Å²) in [5.41, 5.74) is 5.17. The number of carbonyl (C=O) groups is 2. The van der Waals surface area contributed by atoms with Crippen molar-refractivity contribution < 1.29 is 32.0 Å². The van der Waals surface area contributed by atoms with Crippen LogP contribution in [-0.4, -0.2) is 46.3 Å². The predicted octanol–water partition coefficient (Wildman–Crippen LogP) is 5.60. The summed E-state index contributed by atoms with van der Waals surface area (Å²) in [7, 11) is 0. The van der Waals surface area contributed by atoms with Gasteiger partial charge in [0.15, 0.2) is 5.82 Å². The zero-order valence-electron chi connectivity index (χ0n) is 25.4. The highest BCUT2D eigenvalue weighted by molar-refractivity contribution is 5.82. The van der Waals surface area contributed by atoms with Gasteiger partial charge in [-0.05, 0) is 72.2 Å². The van der Waals surface area contributed by atoms with Crippen LogP contribution in [0.4, 0.5) is 13.2 Å². The number of halogens is 3. The van der Waals surface area contributed by atoms with Crippen LogP contribution >= 0.6 is 0 Å². The molecule has 1 aliphatic carbocycles. The standard InChI is InChI=1S/C34H34F3N5O4/c1-20(22-7-4-3-5-8-22)39-31(43)19-42-14-13-27-26(23-9-6-10-25(15-23)45-34(35,36)37)12-11-24(30(27)18-42)17-38-32(44)28-16-29(28)33-40-21(2)41-46-33/h3-12,15,20,28-29H,13-14,16-19H2,1-2H3,(H,38,44)(H,39,43)/t20-,28?,29?/m0/s1. The maximum absolute atomic E-state index is 13.0. The zero-order valence-corrected chi connectivity index (χ0v) is 25.4. The van der Waals surface area contributed by atoms with Crippen molar-refractivity contribution >= 4 is 11.8 Å². The molecule has 9 nitrogen and oxygen atoms in total. The highest BCUT2D eigenvalue weighted by atomic mass is 19.4. The third-order valence-electron chi connectivity index (χ3n) is 8.45. The molecule has 1 saturated carbocycles. The van der Waals surface area contributed by atoms with Gasteiger partial charge in [0.2, 0.25) is 17.7 Å². The van der Waals surface area contributed by atoms with Gasteiger partial charge < -0.3 is 19.9 Å². The lowest BCUT2D eigenvalue weighted by molar-refractivity contribution is -0.274. The molecule has 2 aliphatic rings. The van der Waals surface area contributed by atoms with Crippen LogP contribution in [-0.2, 0) is 29.1 Å². The van der Waals surface area contributed by atoms with Crippen molar-refractivity contribution in [2.75, 3.05) is 13.1 Å². The van der Waals surface area contributed by atoms with Crippen LogP contribution in [0.15, 0.2) is 71.3 Å². The van der Waals surface area contributed by atoms with E-state index in [0.29, 0.717) is 43.2 Å². The second-order valence-electron chi connectivity index (χ2n) is 11.8. The summed E-state index contributed by atoms with van der Waals surface area (Å²) in [5, 5.41) is 9.92. The quantitative estimate of drug-likeness (QED) is 0.234. The Kier molecular flexibility index (Phi) is 8.81. The molecule has 12 heteroatoms. The van der Waals surface area contributed by atoms with E-state index in [1.165, 1.54) is 18.2 Å². The number of amides is 2. The lowest BCUT2D eigenvalue weighted by Crippen LogP contribution is -2.41. The molecular weight excluding hydrogens is 599 g/mol. The van der Waals surface area contributed by atoms with Crippen molar-refractivity contribution in [1.82, 2.24) is 25.7 Å². The molecule has 46 heavy (non-hydrogen) atoms. The molecule has 1 aliphatic heterocycles. The van der Waals surface area contributed by atoms with E-state index in [0.717, 1.165) is 27.8 Å². The van der Waals surface area contributed by atoms with E-state index in [4.69, 9.17) is 4.52 Å². The minimum atomic E-state index is -4.80. The van der Waals surface area contributed by atoms with Gasteiger partial charge in [-0.2, -0.15) is 4.98 Å². The van der Waals surface area contributed by atoms with Gasteiger partial charge in [0, 0.05) is 19.6 Å². The van der Waals surface area contributed by atoms with Crippen LogP contribution in [0.25, 0.3) is 11.1 Å². The number of nitrogens with one attached hydrogen (secondary N) is 2. The van der Waals surface area contributed by atoms with E-state index >= 15 is 0 Å². The normalized spacial score (nSPS) is 18.4. The van der Waals surface area contributed by atoms with E-state index in [1.807, 2.05) is 54.3 Å². The fourth-order valence-electron chi connectivity index (χ4n) is 6.08. The number of aromatic nitrogens is 2. The topological polar surface area (TPSA) is 110 Å². The Labute approximate surface area is 264 Å². The number of hydrogen-bond donors (Lipinski definition) is 2. The average molecular weight is 634 g/mol. The Bertz CT molecular complexity index is 1730. The zero-order chi connectivity index (χ0) is 32.4. The lowest BCUT2D eigenvalue weighted by Gasteiger charge is -2.32. The van der Waals surface area contributed by atoms with Crippen molar-refractivity contribution in [3.05, 3.63) is 101 Å². The largest absolute Gasteiger partial charge is 0.573 e. The number of aryl methyl sites for hydroxylation is 1. The van der Waals surface area contributed by atoms with Crippen molar-refractivity contribution in [2.45, 2.75) is 58.1 Å². The Morgan fingerprint density at radius 1 is 1.09 bits per heavy atom. The van der Waals surface area contributed by atoms with Crippen LogP contribution in [0.1, 0.15) is 59.3 Å². The van der Waals surface area contributed by atoms with Crippen LogP contribution in [0, 0.1) is 12.8 Å². The molecule has 2 N–H and O–H groups in total. The Hall–Kier alpha value is -4.71. The van der Waals surface area contributed by atoms with E-state index in [1.54, 1.807) is 13.0 Å². The summed E-state index contributed by atoms with van der Waals surface area (Å²) >= 11 is 0. The molecule has 0 spiro atoms. The fourth-order valence-corrected chi connectivity index (χ4v) is 6.08. The number of benzene rings is 3. The molecule has 3 atom stereocenters. The van der Waals surface area contributed by atoms with Gasteiger partial charge in [0.25, 0.3) is 0 Å². The fraction of sp³-hybridized carbons (Fsp3) is 0.353. The first-order valence-corrected chi connectivity index (χ1v) is 15.2. The first-order chi connectivity index (χ1) is 22.0. The lowest BCUT2D eigenvalue weighted by atomic mass is 9.87. The van der Waals surface area contributed by atoms with E-state index in [2.05, 4.69) is 25.5 Å². The number of alkyl halides is 3. The molecule has 0 saturated heterocycles. The molecule has 1 aromatic heterocycles. The Morgan fingerprint density at radius 3 is 2.63 bits per heavy atom. The summed E-state index contributed by atoms with van der Waals surface area (Å²) in [5.74, 6) is 0.111. The van der Waals surface area contributed by atoms with Crippen molar-refractivity contribution in [3.63, 3.8) is 0 Å². The highest BCUT2D eigenvalue weighted by Gasteiger charge is 2.47. The van der Waals surface area contributed by atoms with Crippen LogP contribution in [0.5, 0.6) is 5.75 Å². The van der Waals surface area contributed by atoms with E-state index < -0.39 is 6.36 Å². The van der Waals surface area contributed by atoms with Gasteiger partial charge in [-0.3, -0.25) is 14.5 Å². The summed E-state index contributed by atoms with van der Waals surface area (Å²) in [6, 6.07) is 19.2. The molecule has 4 aromatic rings. The van der Waals surface area contributed by atoms with E-state index in [9.17, 15) is 22.8 Å². The predicted molar refractivity (Wildman–Crippen MR) is 162 cm³/mol. The third-order valence-corrected chi connectivity index (χ3v) is 8.45. The molecule has 6 rings (SSSR count). The molecule has 3 aromatic carbocycles. The molecule has 1 fully saturated rings. The number of nitrogens with zero attached hydrogens (tertiary/aromatic N) is 3. The highest BCUT2D eigenvalue weighted by Crippen LogP contribution is 2.47. The summed E-state index contributed by atoms with van der Waals surface area (Å²) in [6.07, 6.45) is -3.60. The summed E-state index contributed by atoms with van der Waals surface area (Å²) in [6.45, 7) is 5.12. The van der Waals surface area contributed by atoms with Gasteiger partial charge in [-0.1, -0.05) is 59.8 Å². The van der Waals surface area contributed by atoms with Crippen molar-refractivity contribution in [1.29, 1.82) is 0 Å². The van der Waals surface area contributed by atoms with Crippen LogP contribution in [0.2, 0.25) is 0 Å². The second-order valence-corrected chi connectivity index (χ2v) is 11.8.